The van der Waals surface area contributed by atoms with Crippen molar-refractivity contribution < 1.29 is 0 Å². The first-order valence-electron chi connectivity index (χ1n) is 7.37. The fraction of sp³-hybridized carbons (Fsp3) is 0.0476. The maximum atomic E-state index is 9.40. The molecule has 0 aliphatic rings. The van der Waals surface area contributed by atoms with Crippen LogP contribution < -0.4 is 10.4 Å². The van der Waals surface area contributed by atoms with E-state index in [0.29, 0.717) is 32.3 Å². The predicted molar refractivity (Wildman–Crippen MR) is 97.3 cm³/mol. The number of fused-ring (bicyclic) bond motifs is 1. The monoisotopic (exact) mass is 320 g/mol. The zero-order valence-electron chi connectivity index (χ0n) is 13.5. The Bertz CT molecular complexity index is 1170. The van der Waals surface area contributed by atoms with Crippen LogP contribution >= 0.6 is 0 Å². The molecule has 0 atom stereocenters. The van der Waals surface area contributed by atoms with Gasteiger partial charge in [-0.05, 0) is 28.8 Å². The first-order chi connectivity index (χ1) is 12.2. The summed E-state index contributed by atoms with van der Waals surface area (Å²) in [5.41, 5.74) is 1.06. The van der Waals surface area contributed by atoms with Crippen molar-refractivity contribution in [1.82, 2.24) is 0 Å². The second-order valence-corrected chi connectivity index (χ2v) is 5.02. The molecular weight excluding hydrogens is 308 g/mol. The van der Waals surface area contributed by atoms with Crippen molar-refractivity contribution in [1.29, 1.82) is 21.0 Å². The molecule has 116 valence electrons. The van der Waals surface area contributed by atoms with Crippen molar-refractivity contribution >= 4 is 34.1 Å². The molecule has 0 saturated heterocycles. The van der Waals surface area contributed by atoms with Crippen LogP contribution in [0, 0.1) is 45.3 Å². The molecule has 2 rings (SSSR count). The molecule has 0 N–H and O–H groups in total. The molecule has 0 unspecified atom stereocenters. The Morgan fingerprint density at radius 3 is 1.64 bits per heavy atom. The summed E-state index contributed by atoms with van der Waals surface area (Å²) in [5.74, 6) is 0. The van der Waals surface area contributed by atoms with Gasteiger partial charge in [0.25, 0.3) is 0 Å². The number of hydrogen-bond acceptors (Lipinski definition) is 4. The van der Waals surface area contributed by atoms with E-state index in [1.165, 1.54) is 0 Å². The van der Waals surface area contributed by atoms with Crippen LogP contribution in [0.4, 0.5) is 0 Å². The molecule has 0 amide bonds. The molecule has 0 aliphatic carbocycles. The molecule has 0 fully saturated rings. The largest absolute Gasteiger partial charge is 0.192 e. The molecule has 0 bridgehead atoms. The van der Waals surface area contributed by atoms with Gasteiger partial charge in [0.15, 0.2) is 0 Å². The smallest absolute Gasteiger partial charge is 0.138 e. The summed E-state index contributed by atoms with van der Waals surface area (Å²) in [7, 11) is 0. The first-order valence-corrected chi connectivity index (χ1v) is 7.37. The van der Waals surface area contributed by atoms with Crippen molar-refractivity contribution in [3.63, 3.8) is 0 Å². The van der Waals surface area contributed by atoms with E-state index in [4.69, 9.17) is 0 Å². The minimum atomic E-state index is -0.0427. The van der Waals surface area contributed by atoms with Gasteiger partial charge in [0.05, 0.1) is 0 Å². The van der Waals surface area contributed by atoms with Crippen LogP contribution in [0.25, 0.3) is 34.1 Å². The lowest BCUT2D eigenvalue weighted by molar-refractivity contribution is 1.46. The molecule has 4 heteroatoms. The zero-order chi connectivity index (χ0) is 18.4. The fourth-order valence-corrected chi connectivity index (χ4v) is 2.84. The molecule has 0 aliphatic heterocycles. The number of hydrogen-bond donors (Lipinski definition) is 0. The number of nitriles is 4. The van der Waals surface area contributed by atoms with Gasteiger partial charge in [-0.25, -0.2) is 0 Å². The lowest BCUT2D eigenvalue weighted by Crippen LogP contribution is -2.23. The number of rotatable bonds is 2. The Hall–Kier alpha value is -4.12. The molecular formula is C21H12N4. The Morgan fingerprint density at radius 1 is 0.840 bits per heavy atom. The maximum Gasteiger partial charge on any atom is 0.138 e. The van der Waals surface area contributed by atoms with E-state index >= 15 is 0 Å². The molecule has 4 nitrogen and oxygen atoms in total. The maximum absolute atomic E-state index is 9.40. The minimum Gasteiger partial charge on any atom is -0.192 e. The third-order valence-corrected chi connectivity index (χ3v) is 3.78. The van der Waals surface area contributed by atoms with Crippen molar-refractivity contribution in [3.05, 3.63) is 58.5 Å². The van der Waals surface area contributed by atoms with Crippen molar-refractivity contribution in [2.45, 2.75) is 6.92 Å². The van der Waals surface area contributed by atoms with Crippen molar-refractivity contribution in [2.75, 3.05) is 0 Å². The van der Waals surface area contributed by atoms with E-state index in [1.54, 1.807) is 42.5 Å². The summed E-state index contributed by atoms with van der Waals surface area (Å²) in [5, 5.41) is 39.8. The standard InChI is InChI=1S/C21H12N4/c1-3-7-17-16(4-2)20(14(10-22)11-23)18-8-5-6-9-19(18)21(17)15(12-24)13-25/h3-9H,2H2,1H3. The van der Waals surface area contributed by atoms with Gasteiger partial charge in [0.2, 0.25) is 0 Å². The second-order valence-electron chi connectivity index (χ2n) is 5.02. The Morgan fingerprint density at radius 2 is 1.28 bits per heavy atom. The second kappa shape index (κ2) is 7.43. The van der Waals surface area contributed by atoms with Gasteiger partial charge < -0.3 is 0 Å². The normalized spacial score (nSPS) is 9.64. The van der Waals surface area contributed by atoms with Crippen LogP contribution in [0.15, 0.2) is 36.9 Å². The van der Waals surface area contributed by atoms with Gasteiger partial charge in [-0.1, -0.05) is 49.1 Å². The highest BCUT2D eigenvalue weighted by molar-refractivity contribution is 5.97. The molecule has 0 spiro atoms. The highest BCUT2D eigenvalue weighted by atomic mass is 14.3. The molecule has 0 aromatic heterocycles. The minimum absolute atomic E-state index is 0.0329. The van der Waals surface area contributed by atoms with Gasteiger partial charge >= 0.3 is 0 Å². The van der Waals surface area contributed by atoms with Crippen LogP contribution in [-0.4, -0.2) is 0 Å². The highest BCUT2D eigenvalue weighted by Crippen LogP contribution is 2.16. The molecule has 2 aromatic rings. The molecule has 0 heterocycles. The Labute approximate surface area is 145 Å². The average Bonchev–Trinajstić information content (AvgIpc) is 2.65. The van der Waals surface area contributed by atoms with Gasteiger partial charge in [-0.2, -0.15) is 21.0 Å². The fourth-order valence-electron chi connectivity index (χ4n) is 2.84. The van der Waals surface area contributed by atoms with Crippen LogP contribution in [0.5, 0.6) is 0 Å². The van der Waals surface area contributed by atoms with E-state index in [2.05, 4.69) is 6.58 Å². The van der Waals surface area contributed by atoms with Crippen LogP contribution in [0.1, 0.15) is 18.1 Å². The lowest BCUT2D eigenvalue weighted by Gasteiger charge is -2.10. The average molecular weight is 320 g/mol. The molecule has 25 heavy (non-hydrogen) atoms. The number of benzene rings is 2. The number of allylic oxidation sites excluding steroid dienone is 1. The van der Waals surface area contributed by atoms with Crippen LogP contribution in [0.3, 0.4) is 0 Å². The summed E-state index contributed by atoms with van der Waals surface area (Å²) < 4.78 is 0. The van der Waals surface area contributed by atoms with E-state index < -0.39 is 0 Å². The molecule has 2 aromatic carbocycles. The van der Waals surface area contributed by atoms with Gasteiger partial charge in [0, 0.05) is 10.4 Å². The Kier molecular flexibility index (Phi) is 5.12. The summed E-state index contributed by atoms with van der Waals surface area (Å²) in [6, 6.07) is 14.8. The summed E-state index contributed by atoms with van der Waals surface area (Å²) in [4.78, 5) is 0. The van der Waals surface area contributed by atoms with Gasteiger partial charge in [-0.3, -0.25) is 0 Å². The highest BCUT2D eigenvalue weighted by Gasteiger charge is 2.14. The quantitative estimate of drug-likeness (QED) is 0.850. The van der Waals surface area contributed by atoms with Gasteiger partial charge in [-0.15, -0.1) is 0 Å². The predicted octanol–water partition coefficient (Wildman–Crippen LogP) is 2.91. The summed E-state index contributed by atoms with van der Waals surface area (Å²) in [6.07, 6.45) is 5.07. The van der Waals surface area contributed by atoms with Crippen LogP contribution in [0.2, 0.25) is 0 Å². The lowest BCUT2D eigenvalue weighted by atomic mass is 9.91. The summed E-state index contributed by atoms with van der Waals surface area (Å²) in [6.45, 7) is 5.61. The van der Waals surface area contributed by atoms with E-state index in [1.807, 2.05) is 31.2 Å². The topological polar surface area (TPSA) is 95.2 Å². The Balaban J connectivity index is 3.55. The van der Waals surface area contributed by atoms with E-state index in [0.717, 1.165) is 0 Å². The van der Waals surface area contributed by atoms with Crippen LogP contribution in [-0.2, 0) is 0 Å². The SMILES string of the molecule is C=Cc1c(C=CC)c(=C(C#N)C#N)c2ccccc2c1=C(C#N)C#N. The van der Waals surface area contributed by atoms with Crippen molar-refractivity contribution in [2.24, 2.45) is 0 Å². The first kappa shape index (κ1) is 17.2. The number of nitrogens with zero attached hydrogens (tertiary/aromatic N) is 4. The van der Waals surface area contributed by atoms with Gasteiger partial charge in [0.1, 0.15) is 35.4 Å². The molecule has 0 saturated carbocycles. The van der Waals surface area contributed by atoms with E-state index in [9.17, 15) is 21.0 Å². The third kappa shape index (κ3) is 2.77. The molecule has 0 radical (unpaired) electrons. The summed E-state index contributed by atoms with van der Waals surface area (Å²) >= 11 is 0. The zero-order valence-corrected chi connectivity index (χ0v) is 13.5. The van der Waals surface area contributed by atoms with Crippen molar-refractivity contribution in [3.8, 4) is 24.3 Å². The van der Waals surface area contributed by atoms with E-state index in [-0.39, 0.29) is 11.1 Å². The third-order valence-electron chi connectivity index (χ3n) is 3.78.